The standard InChI is InChI=1S/C15H15FN2O/c16-13-8-6-11(7-9-13)10-18-15(19)14(17)12-4-2-1-3-5-12/h1-9,14H,10,17H2,(H,18,19)/t14-/m0/s1. The molecule has 3 N–H and O–H groups in total. The van der Waals surface area contributed by atoms with E-state index in [0.29, 0.717) is 6.54 Å². The van der Waals surface area contributed by atoms with Gasteiger partial charge in [-0.2, -0.15) is 0 Å². The quantitative estimate of drug-likeness (QED) is 0.882. The van der Waals surface area contributed by atoms with Gasteiger partial charge in [0, 0.05) is 6.54 Å². The van der Waals surface area contributed by atoms with Crippen molar-refractivity contribution in [2.45, 2.75) is 12.6 Å². The number of benzene rings is 2. The first-order valence-corrected chi connectivity index (χ1v) is 5.99. The van der Waals surface area contributed by atoms with Crippen LogP contribution in [0.1, 0.15) is 17.2 Å². The first kappa shape index (κ1) is 13.2. The molecular weight excluding hydrogens is 243 g/mol. The van der Waals surface area contributed by atoms with Crippen molar-refractivity contribution < 1.29 is 9.18 Å². The molecule has 0 spiro atoms. The minimum absolute atomic E-state index is 0.254. The summed E-state index contributed by atoms with van der Waals surface area (Å²) in [5, 5.41) is 2.73. The van der Waals surface area contributed by atoms with E-state index in [1.54, 1.807) is 12.1 Å². The molecule has 0 heterocycles. The predicted molar refractivity (Wildman–Crippen MR) is 71.6 cm³/mol. The Morgan fingerprint density at radius 2 is 1.74 bits per heavy atom. The molecule has 2 aromatic rings. The number of halogens is 1. The summed E-state index contributed by atoms with van der Waals surface area (Å²) < 4.78 is 12.7. The summed E-state index contributed by atoms with van der Waals surface area (Å²) in [6.45, 7) is 0.333. The number of carbonyl (C=O) groups is 1. The van der Waals surface area contributed by atoms with Gasteiger partial charge in [0.15, 0.2) is 0 Å². The fourth-order valence-corrected chi connectivity index (χ4v) is 1.71. The summed E-state index contributed by atoms with van der Waals surface area (Å²) in [7, 11) is 0. The van der Waals surface area contributed by atoms with Crippen molar-refractivity contribution in [1.82, 2.24) is 5.32 Å². The highest BCUT2D eigenvalue weighted by Gasteiger charge is 2.14. The second kappa shape index (κ2) is 6.11. The summed E-state index contributed by atoms with van der Waals surface area (Å²) >= 11 is 0. The molecule has 0 saturated heterocycles. The van der Waals surface area contributed by atoms with Crippen molar-refractivity contribution >= 4 is 5.91 Å². The molecule has 0 radical (unpaired) electrons. The monoisotopic (exact) mass is 258 g/mol. The lowest BCUT2D eigenvalue weighted by Crippen LogP contribution is -2.33. The van der Waals surface area contributed by atoms with E-state index < -0.39 is 6.04 Å². The van der Waals surface area contributed by atoms with Gasteiger partial charge in [-0.15, -0.1) is 0 Å². The van der Waals surface area contributed by atoms with Crippen molar-refractivity contribution in [2.75, 3.05) is 0 Å². The molecule has 1 amide bonds. The van der Waals surface area contributed by atoms with Crippen LogP contribution in [0.5, 0.6) is 0 Å². The molecule has 4 heteroatoms. The van der Waals surface area contributed by atoms with Gasteiger partial charge >= 0.3 is 0 Å². The third-order valence-corrected chi connectivity index (χ3v) is 2.82. The van der Waals surface area contributed by atoms with E-state index in [-0.39, 0.29) is 11.7 Å². The molecule has 0 unspecified atom stereocenters. The van der Waals surface area contributed by atoms with Gasteiger partial charge in [-0.3, -0.25) is 4.79 Å². The van der Waals surface area contributed by atoms with E-state index in [2.05, 4.69) is 5.32 Å². The number of rotatable bonds is 4. The lowest BCUT2D eigenvalue weighted by Gasteiger charge is -2.12. The van der Waals surface area contributed by atoms with E-state index in [1.807, 2.05) is 30.3 Å². The summed E-state index contributed by atoms with van der Waals surface area (Å²) in [6, 6.07) is 14.4. The molecule has 0 saturated carbocycles. The van der Waals surface area contributed by atoms with E-state index in [4.69, 9.17) is 5.73 Å². The van der Waals surface area contributed by atoms with Gasteiger partial charge in [-0.05, 0) is 23.3 Å². The van der Waals surface area contributed by atoms with Crippen LogP contribution in [0.15, 0.2) is 54.6 Å². The second-order valence-corrected chi connectivity index (χ2v) is 4.23. The summed E-state index contributed by atoms with van der Waals surface area (Å²) in [5.41, 5.74) is 7.45. The minimum Gasteiger partial charge on any atom is -0.350 e. The Morgan fingerprint density at radius 1 is 1.11 bits per heavy atom. The number of amides is 1. The van der Waals surface area contributed by atoms with Gasteiger partial charge in [0.2, 0.25) is 5.91 Å². The normalized spacial score (nSPS) is 11.9. The van der Waals surface area contributed by atoms with Gasteiger partial charge in [-0.25, -0.2) is 4.39 Å². The number of hydrogen-bond acceptors (Lipinski definition) is 2. The fourth-order valence-electron chi connectivity index (χ4n) is 1.71. The topological polar surface area (TPSA) is 55.1 Å². The van der Waals surface area contributed by atoms with Crippen LogP contribution in [0.4, 0.5) is 4.39 Å². The van der Waals surface area contributed by atoms with Gasteiger partial charge in [0.25, 0.3) is 0 Å². The Hall–Kier alpha value is -2.20. The third-order valence-electron chi connectivity index (χ3n) is 2.82. The first-order chi connectivity index (χ1) is 9.16. The Morgan fingerprint density at radius 3 is 2.37 bits per heavy atom. The van der Waals surface area contributed by atoms with Crippen molar-refractivity contribution in [1.29, 1.82) is 0 Å². The Kier molecular flexibility index (Phi) is 4.26. The zero-order valence-corrected chi connectivity index (χ0v) is 10.3. The van der Waals surface area contributed by atoms with Crippen molar-refractivity contribution in [2.24, 2.45) is 5.73 Å². The molecule has 19 heavy (non-hydrogen) atoms. The van der Waals surface area contributed by atoms with Crippen molar-refractivity contribution in [3.63, 3.8) is 0 Å². The van der Waals surface area contributed by atoms with Crippen LogP contribution in [-0.2, 0) is 11.3 Å². The summed E-state index contributed by atoms with van der Waals surface area (Å²) in [4.78, 5) is 11.9. The Bertz CT molecular complexity index is 540. The highest BCUT2D eigenvalue weighted by atomic mass is 19.1. The zero-order chi connectivity index (χ0) is 13.7. The maximum Gasteiger partial charge on any atom is 0.241 e. The molecule has 0 aliphatic carbocycles. The molecule has 0 aromatic heterocycles. The second-order valence-electron chi connectivity index (χ2n) is 4.23. The first-order valence-electron chi connectivity index (χ1n) is 5.99. The van der Waals surface area contributed by atoms with E-state index in [1.165, 1.54) is 12.1 Å². The van der Waals surface area contributed by atoms with Gasteiger partial charge in [0.05, 0.1) is 0 Å². The molecular formula is C15H15FN2O. The summed E-state index contributed by atoms with van der Waals surface area (Å²) in [6.07, 6.45) is 0. The van der Waals surface area contributed by atoms with Crippen LogP contribution in [0.2, 0.25) is 0 Å². The average Bonchev–Trinajstić information content (AvgIpc) is 2.46. The molecule has 2 aromatic carbocycles. The van der Waals surface area contributed by atoms with E-state index in [9.17, 15) is 9.18 Å². The van der Waals surface area contributed by atoms with E-state index in [0.717, 1.165) is 11.1 Å². The number of carbonyl (C=O) groups excluding carboxylic acids is 1. The van der Waals surface area contributed by atoms with Gasteiger partial charge in [-0.1, -0.05) is 42.5 Å². The molecule has 0 aliphatic rings. The lowest BCUT2D eigenvalue weighted by molar-refractivity contribution is -0.122. The van der Waals surface area contributed by atoms with Gasteiger partial charge < -0.3 is 11.1 Å². The molecule has 98 valence electrons. The third kappa shape index (κ3) is 3.63. The van der Waals surface area contributed by atoms with Crippen LogP contribution in [0.25, 0.3) is 0 Å². The van der Waals surface area contributed by atoms with Crippen molar-refractivity contribution in [3.05, 3.63) is 71.5 Å². The fraction of sp³-hybridized carbons (Fsp3) is 0.133. The molecule has 3 nitrogen and oxygen atoms in total. The highest BCUT2D eigenvalue weighted by molar-refractivity contribution is 5.82. The largest absolute Gasteiger partial charge is 0.350 e. The van der Waals surface area contributed by atoms with Gasteiger partial charge in [0.1, 0.15) is 11.9 Å². The Labute approximate surface area is 111 Å². The molecule has 1 atom stereocenters. The number of hydrogen-bond donors (Lipinski definition) is 2. The molecule has 2 rings (SSSR count). The van der Waals surface area contributed by atoms with Crippen LogP contribution in [0.3, 0.4) is 0 Å². The van der Waals surface area contributed by atoms with Crippen LogP contribution in [-0.4, -0.2) is 5.91 Å². The maximum atomic E-state index is 12.7. The van der Waals surface area contributed by atoms with Crippen LogP contribution < -0.4 is 11.1 Å². The molecule has 0 bridgehead atoms. The van der Waals surface area contributed by atoms with Crippen LogP contribution >= 0.6 is 0 Å². The molecule has 0 fully saturated rings. The van der Waals surface area contributed by atoms with Crippen molar-refractivity contribution in [3.8, 4) is 0 Å². The smallest absolute Gasteiger partial charge is 0.241 e. The SMILES string of the molecule is N[C@H](C(=O)NCc1ccc(F)cc1)c1ccccc1. The van der Waals surface area contributed by atoms with E-state index >= 15 is 0 Å². The Balaban J connectivity index is 1.93. The number of nitrogens with one attached hydrogen (secondary N) is 1. The highest BCUT2D eigenvalue weighted by Crippen LogP contribution is 2.10. The predicted octanol–water partition coefficient (Wildman–Crippen LogP) is 2.14. The zero-order valence-electron chi connectivity index (χ0n) is 10.3. The molecule has 0 aliphatic heterocycles. The van der Waals surface area contributed by atoms with Crippen LogP contribution in [0, 0.1) is 5.82 Å². The average molecular weight is 258 g/mol. The minimum atomic E-state index is -0.693. The lowest BCUT2D eigenvalue weighted by atomic mass is 10.1. The number of nitrogens with two attached hydrogens (primary N) is 1. The maximum absolute atomic E-state index is 12.7. The summed E-state index contributed by atoms with van der Waals surface area (Å²) in [5.74, 6) is -0.549.